The summed E-state index contributed by atoms with van der Waals surface area (Å²) in [5, 5.41) is 15.3. The number of carbonyl (C=O) groups excluding carboxylic acids is 3. The van der Waals surface area contributed by atoms with E-state index in [9.17, 15) is 28.7 Å². The van der Waals surface area contributed by atoms with E-state index in [1.165, 1.54) is 6.07 Å². The van der Waals surface area contributed by atoms with Crippen molar-refractivity contribution < 1.29 is 42.6 Å². The first-order valence-electron chi connectivity index (χ1n) is 16.0. The number of halogens is 1. The van der Waals surface area contributed by atoms with Gasteiger partial charge in [0.2, 0.25) is 17.6 Å². The first kappa shape index (κ1) is 33.9. The largest absolute Gasteiger partial charge is 0.475 e. The Kier molecular flexibility index (Phi) is 10.5. The van der Waals surface area contributed by atoms with Crippen LogP contribution in [0.5, 0.6) is 0 Å². The predicted molar refractivity (Wildman–Crippen MR) is 172 cm³/mol. The Labute approximate surface area is 272 Å². The lowest BCUT2D eigenvalue weighted by Gasteiger charge is -2.35. The Morgan fingerprint density at radius 1 is 1.02 bits per heavy atom. The summed E-state index contributed by atoms with van der Waals surface area (Å²) in [4.78, 5) is 53.1. The van der Waals surface area contributed by atoms with Crippen molar-refractivity contribution in [1.82, 2.24) is 10.2 Å². The van der Waals surface area contributed by atoms with Crippen LogP contribution in [0.3, 0.4) is 0 Å². The van der Waals surface area contributed by atoms with E-state index in [1.54, 1.807) is 43.9 Å². The molecule has 3 aromatic rings. The molecule has 3 N–H and O–H groups in total. The van der Waals surface area contributed by atoms with E-state index < -0.39 is 48.4 Å². The van der Waals surface area contributed by atoms with Crippen LogP contribution in [0.15, 0.2) is 59.0 Å². The Morgan fingerprint density at radius 3 is 2.40 bits per heavy atom. The Bertz CT molecular complexity index is 1580. The second-order valence-corrected chi connectivity index (χ2v) is 13.3. The highest BCUT2D eigenvalue weighted by molar-refractivity contribution is 6.00. The zero-order valence-electron chi connectivity index (χ0n) is 26.9. The number of rotatable bonds is 10. The first-order chi connectivity index (χ1) is 22.4. The molecule has 2 aromatic carbocycles. The molecule has 1 saturated heterocycles. The summed E-state index contributed by atoms with van der Waals surface area (Å²) in [7, 11) is 0. The molecule has 0 spiro atoms. The highest BCUT2D eigenvalue weighted by atomic mass is 19.1. The lowest BCUT2D eigenvalue weighted by Crippen LogP contribution is -2.51. The fourth-order valence-electron chi connectivity index (χ4n) is 6.46. The van der Waals surface area contributed by atoms with Crippen LogP contribution in [0.4, 0.5) is 14.9 Å². The molecule has 2 fully saturated rings. The predicted octanol–water partition coefficient (Wildman–Crippen LogP) is 5.93. The van der Waals surface area contributed by atoms with Gasteiger partial charge >= 0.3 is 12.1 Å². The summed E-state index contributed by atoms with van der Waals surface area (Å²) < 4.78 is 30.8. The molecule has 1 aromatic heterocycles. The van der Waals surface area contributed by atoms with E-state index in [0.29, 0.717) is 55.3 Å². The number of ether oxygens (including phenoxy) is 2. The SMILES string of the molecule is CC(C)(C)OC(=O)N[C@H](CF)[C@H]1CC[C@H](C(=O)N2CC[C@@H](OCc3ccccc3)[C@H]2C(=O)Nc2ccc3oc(C(=O)O)cc3c2)CC1. The Morgan fingerprint density at radius 2 is 1.74 bits per heavy atom. The molecule has 0 bridgehead atoms. The van der Waals surface area contributed by atoms with E-state index in [-0.39, 0.29) is 30.1 Å². The summed E-state index contributed by atoms with van der Waals surface area (Å²) in [5.41, 5.74) is 1.04. The summed E-state index contributed by atoms with van der Waals surface area (Å²) >= 11 is 0. The third-order valence-corrected chi connectivity index (χ3v) is 8.75. The zero-order chi connectivity index (χ0) is 33.7. The lowest BCUT2D eigenvalue weighted by molar-refractivity contribution is -0.144. The highest BCUT2D eigenvalue weighted by Crippen LogP contribution is 2.35. The van der Waals surface area contributed by atoms with Crippen molar-refractivity contribution in [2.24, 2.45) is 11.8 Å². The first-order valence-corrected chi connectivity index (χ1v) is 16.0. The Hall–Kier alpha value is -4.45. The van der Waals surface area contributed by atoms with Crippen molar-refractivity contribution >= 4 is 40.5 Å². The lowest BCUT2D eigenvalue weighted by atomic mass is 9.78. The number of carboxylic acid groups (broad SMARTS) is 1. The zero-order valence-corrected chi connectivity index (χ0v) is 26.9. The van der Waals surface area contributed by atoms with Gasteiger partial charge in [-0.15, -0.1) is 0 Å². The number of benzene rings is 2. The number of fused-ring (bicyclic) bond motifs is 1. The van der Waals surface area contributed by atoms with Gasteiger partial charge in [-0.05, 0) is 88.6 Å². The highest BCUT2D eigenvalue weighted by Gasteiger charge is 2.45. The average Bonchev–Trinajstić information content (AvgIpc) is 3.67. The summed E-state index contributed by atoms with van der Waals surface area (Å²) in [6.07, 6.45) is 1.34. The maximum Gasteiger partial charge on any atom is 0.407 e. The van der Waals surface area contributed by atoms with Crippen molar-refractivity contribution in [3.8, 4) is 0 Å². The molecule has 252 valence electrons. The normalized spacial score (nSPS) is 22.1. The summed E-state index contributed by atoms with van der Waals surface area (Å²) in [5.74, 6) is -2.47. The van der Waals surface area contributed by atoms with Gasteiger partial charge in [0.1, 0.15) is 23.9 Å². The number of aromatic carboxylic acids is 1. The van der Waals surface area contributed by atoms with Gasteiger partial charge in [0, 0.05) is 23.5 Å². The number of alkyl carbamates (subject to hydrolysis) is 1. The second-order valence-electron chi connectivity index (χ2n) is 13.3. The molecule has 0 unspecified atom stereocenters. The summed E-state index contributed by atoms with van der Waals surface area (Å²) in [6, 6.07) is 14.2. The number of hydrogen-bond acceptors (Lipinski definition) is 7. The number of anilines is 1. The second kappa shape index (κ2) is 14.5. The number of alkyl halides is 1. The van der Waals surface area contributed by atoms with Crippen LogP contribution in [0.25, 0.3) is 11.0 Å². The van der Waals surface area contributed by atoms with Crippen LogP contribution in [-0.2, 0) is 25.7 Å². The Balaban J connectivity index is 1.27. The molecule has 1 aliphatic carbocycles. The molecule has 3 atom stereocenters. The molecule has 3 amide bonds. The van der Waals surface area contributed by atoms with Crippen LogP contribution < -0.4 is 10.6 Å². The van der Waals surface area contributed by atoms with Crippen molar-refractivity contribution in [2.45, 2.75) is 83.3 Å². The number of furan rings is 1. The van der Waals surface area contributed by atoms with Crippen LogP contribution in [0.1, 0.15) is 69.0 Å². The van der Waals surface area contributed by atoms with Crippen LogP contribution in [0.2, 0.25) is 0 Å². The molecule has 1 aliphatic heterocycles. The average molecular weight is 652 g/mol. The van der Waals surface area contributed by atoms with E-state index >= 15 is 0 Å². The number of carboxylic acids is 1. The third-order valence-electron chi connectivity index (χ3n) is 8.75. The number of carbonyl (C=O) groups is 4. The maximum absolute atomic E-state index is 14.0. The van der Waals surface area contributed by atoms with Gasteiger partial charge in [0.25, 0.3) is 0 Å². The van der Waals surface area contributed by atoms with Crippen molar-refractivity contribution in [2.75, 3.05) is 18.5 Å². The summed E-state index contributed by atoms with van der Waals surface area (Å²) in [6.45, 7) is 5.10. The van der Waals surface area contributed by atoms with Crippen molar-refractivity contribution in [3.05, 3.63) is 65.9 Å². The molecule has 2 aliphatic rings. The molecular weight excluding hydrogens is 609 g/mol. The van der Waals surface area contributed by atoms with Crippen LogP contribution >= 0.6 is 0 Å². The number of hydrogen-bond donors (Lipinski definition) is 3. The molecule has 5 rings (SSSR count). The van der Waals surface area contributed by atoms with E-state index in [1.807, 2.05) is 30.3 Å². The molecule has 11 nitrogen and oxygen atoms in total. The fraction of sp³-hybridized carbons (Fsp3) is 0.486. The quantitative estimate of drug-likeness (QED) is 0.245. The minimum Gasteiger partial charge on any atom is -0.475 e. The van der Waals surface area contributed by atoms with Crippen molar-refractivity contribution in [1.29, 1.82) is 0 Å². The molecule has 0 radical (unpaired) electrons. The van der Waals surface area contributed by atoms with E-state index in [4.69, 9.17) is 13.9 Å². The van der Waals surface area contributed by atoms with Crippen LogP contribution in [0, 0.1) is 11.8 Å². The topological polar surface area (TPSA) is 147 Å². The van der Waals surface area contributed by atoms with Gasteiger partial charge in [-0.1, -0.05) is 30.3 Å². The standard InChI is InChI=1S/C35H42FN3O8/c1-35(2,3)47-34(44)38-26(19-36)22-9-11-23(12-10-22)32(41)39-16-15-28(45-20-21-7-5-4-6-8-21)30(39)31(40)37-25-13-14-27-24(17-25)18-29(46-27)33(42)43/h4-8,13-14,17-18,22-23,26,28,30H,9-12,15-16,19-20H2,1-3H3,(H,37,40)(H,38,44)(H,42,43)/t22-,23-,26-,28-,30+/m1/s1. The molecule has 47 heavy (non-hydrogen) atoms. The van der Waals surface area contributed by atoms with Gasteiger partial charge in [0.15, 0.2) is 0 Å². The fourth-order valence-corrected chi connectivity index (χ4v) is 6.46. The number of amides is 3. The van der Waals surface area contributed by atoms with Gasteiger partial charge in [0.05, 0.1) is 18.8 Å². The minimum absolute atomic E-state index is 0.143. The minimum atomic E-state index is -1.20. The van der Waals surface area contributed by atoms with Crippen LogP contribution in [-0.4, -0.2) is 70.9 Å². The van der Waals surface area contributed by atoms with E-state index in [0.717, 1.165) is 5.56 Å². The maximum atomic E-state index is 14.0. The smallest absolute Gasteiger partial charge is 0.407 e. The molecule has 12 heteroatoms. The van der Waals surface area contributed by atoms with Gasteiger partial charge in [-0.25, -0.2) is 14.0 Å². The number of likely N-dealkylation sites (tertiary alicyclic amines) is 1. The third kappa shape index (κ3) is 8.48. The van der Waals surface area contributed by atoms with Gasteiger partial charge in [-0.3, -0.25) is 9.59 Å². The molecule has 2 heterocycles. The monoisotopic (exact) mass is 651 g/mol. The van der Waals surface area contributed by atoms with Crippen molar-refractivity contribution in [3.63, 3.8) is 0 Å². The molecular formula is C35H42FN3O8. The number of nitrogens with zero attached hydrogens (tertiary/aromatic N) is 1. The molecule has 1 saturated carbocycles. The van der Waals surface area contributed by atoms with Gasteiger partial charge in [-0.2, -0.15) is 0 Å². The van der Waals surface area contributed by atoms with E-state index in [2.05, 4.69) is 10.6 Å². The van der Waals surface area contributed by atoms with Gasteiger partial charge < -0.3 is 34.5 Å². The number of nitrogens with one attached hydrogen (secondary N) is 2.